The molecule has 3 saturated heterocycles. The molecule has 4 rings (SSSR count). The summed E-state index contributed by atoms with van der Waals surface area (Å²) in [6.45, 7) is 7.34. The molecule has 0 aliphatic carbocycles. The molecule has 0 aromatic carbocycles. The standard InChI is InChI=1S/C15H22N4OS/c20-14-16-9-15(17-14)10-19(11-15)7-13-5-12(8-21-13)6-18-3-1-2-4-18/h5,8H,1-4,6-7,9-11H2,(H2,16,17,20). The summed E-state index contributed by atoms with van der Waals surface area (Å²) in [5.41, 5.74) is 1.47. The zero-order chi connectivity index (χ0) is 14.3. The second kappa shape index (κ2) is 5.26. The van der Waals surface area contributed by atoms with Gasteiger partial charge in [-0.1, -0.05) is 0 Å². The SMILES string of the molecule is O=C1NCC2(CN(Cc3cc(CN4CCCC4)cs3)C2)N1. The summed E-state index contributed by atoms with van der Waals surface area (Å²) in [6, 6.07) is 2.35. The maximum absolute atomic E-state index is 11.2. The lowest BCUT2D eigenvalue weighted by atomic mass is 9.91. The smallest absolute Gasteiger partial charge is 0.315 e. The minimum Gasteiger partial charge on any atom is -0.336 e. The summed E-state index contributed by atoms with van der Waals surface area (Å²) in [4.78, 5) is 17.6. The number of carbonyl (C=O) groups excluding carboxylic acids is 1. The highest BCUT2D eigenvalue weighted by molar-refractivity contribution is 7.10. The minimum absolute atomic E-state index is 0.00667. The van der Waals surface area contributed by atoms with E-state index in [-0.39, 0.29) is 11.6 Å². The summed E-state index contributed by atoms with van der Waals surface area (Å²) >= 11 is 1.87. The Bertz CT molecular complexity index is 532. The predicted molar refractivity (Wildman–Crippen MR) is 83.4 cm³/mol. The first kappa shape index (κ1) is 13.5. The lowest BCUT2D eigenvalue weighted by Gasteiger charge is -2.46. The molecule has 0 unspecified atom stereocenters. The quantitative estimate of drug-likeness (QED) is 0.879. The maximum atomic E-state index is 11.2. The molecule has 0 saturated carbocycles. The number of nitrogens with zero attached hydrogens (tertiary/aromatic N) is 2. The van der Waals surface area contributed by atoms with Crippen molar-refractivity contribution in [3.63, 3.8) is 0 Å². The van der Waals surface area contributed by atoms with Crippen LogP contribution in [-0.2, 0) is 13.1 Å². The van der Waals surface area contributed by atoms with Gasteiger partial charge in [0, 0.05) is 37.6 Å². The van der Waals surface area contributed by atoms with Crippen molar-refractivity contribution in [3.05, 3.63) is 21.9 Å². The van der Waals surface area contributed by atoms with Gasteiger partial charge >= 0.3 is 6.03 Å². The third kappa shape index (κ3) is 2.80. The lowest BCUT2D eigenvalue weighted by Crippen LogP contribution is -2.68. The molecule has 1 aromatic heterocycles. The zero-order valence-corrected chi connectivity index (χ0v) is 13.0. The monoisotopic (exact) mass is 306 g/mol. The molecular formula is C15H22N4OS. The van der Waals surface area contributed by atoms with Gasteiger partial charge < -0.3 is 10.6 Å². The highest BCUT2D eigenvalue weighted by Gasteiger charge is 2.47. The van der Waals surface area contributed by atoms with Crippen molar-refractivity contribution in [2.24, 2.45) is 0 Å². The molecule has 0 atom stereocenters. The second-order valence-corrected chi connectivity index (χ2v) is 7.63. The second-order valence-electron chi connectivity index (χ2n) is 6.64. The molecule has 3 fully saturated rings. The van der Waals surface area contributed by atoms with E-state index in [1.54, 1.807) is 0 Å². The maximum Gasteiger partial charge on any atom is 0.315 e. The number of carbonyl (C=O) groups is 1. The first-order valence-corrected chi connectivity index (χ1v) is 8.66. The van der Waals surface area contributed by atoms with E-state index >= 15 is 0 Å². The topological polar surface area (TPSA) is 47.6 Å². The van der Waals surface area contributed by atoms with Crippen molar-refractivity contribution in [3.8, 4) is 0 Å². The Balaban J connectivity index is 1.28. The highest BCUT2D eigenvalue weighted by atomic mass is 32.1. The van der Waals surface area contributed by atoms with Gasteiger partial charge in [0.15, 0.2) is 0 Å². The molecule has 4 heterocycles. The van der Waals surface area contributed by atoms with Crippen LogP contribution in [0.1, 0.15) is 23.3 Å². The van der Waals surface area contributed by atoms with Crippen LogP contribution in [0.5, 0.6) is 0 Å². The Morgan fingerprint density at radius 3 is 2.71 bits per heavy atom. The molecule has 3 aliphatic rings. The Morgan fingerprint density at radius 2 is 2.00 bits per heavy atom. The summed E-state index contributed by atoms with van der Waals surface area (Å²) < 4.78 is 0. The van der Waals surface area contributed by atoms with E-state index in [0.29, 0.717) is 0 Å². The van der Waals surface area contributed by atoms with Crippen molar-refractivity contribution in [1.82, 2.24) is 20.4 Å². The summed E-state index contributed by atoms with van der Waals surface area (Å²) in [7, 11) is 0. The van der Waals surface area contributed by atoms with Crippen LogP contribution < -0.4 is 10.6 Å². The predicted octanol–water partition coefficient (Wildman–Crippen LogP) is 1.21. The Morgan fingerprint density at radius 1 is 1.19 bits per heavy atom. The molecule has 0 radical (unpaired) electrons. The van der Waals surface area contributed by atoms with Crippen molar-refractivity contribution in [2.45, 2.75) is 31.5 Å². The van der Waals surface area contributed by atoms with Gasteiger partial charge in [0.2, 0.25) is 0 Å². The first-order valence-electron chi connectivity index (χ1n) is 7.78. The van der Waals surface area contributed by atoms with E-state index in [0.717, 1.165) is 32.7 Å². The molecule has 3 aliphatic heterocycles. The number of amides is 2. The molecule has 1 aromatic rings. The van der Waals surface area contributed by atoms with Crippen LogP contribution in [-0.4, -0.2) is 54.1 Å². The van der Waals surface area contributed by atoms with Gasteiger partial charge in [-0.05, 0) is 42.9 Å². The molecule has 5 nitrogen and oxygen atoms in total. The lowest BCUT2D eigenvalue weighted by molar-refractivity contribution is 0.0605. The van der Waals surface area contributed by atoms with Gasteiger partial charge in [0.05, 0.1) is 5.54 Å². The first-order chi connectivity index (χ1) is 10.2. The fraction of sp³-hybridized carbons (Fsp3) is 0.667. The fourth-order valence-electron chi connectivity index (χ4n) is 3.70. The van der Waals surface area contributed by atoms with E-state index in [1.165, 1.54) is 36.4 Å². The molecule has 1 spiro atoms. The zero-order valence-electron chi connectivity index (χ0n) is 12.2. The molecule has 114 valence electrons. The van der Waals surface area contributed by atoms with Crippen LogP contribution in [0.4, 0.5) is 4.79 Å². The van der Waals surface area contributed by atoms with Crippen molar-refractivity contribution >= 4 is 17.4 Å². The molecule has 21 heavy (non-hydrogen) atoms. The van der Waals surface area contributed by atoms with Crippen LogP contribution in [0.3, 0.4) is 0 Å². The van der Waals surface area contributed by atoms with E-state index in [1.807, 2.05) is 11.3 Å². The summed E-state index contributed by atoms with van der Waals surface area (Å²) in [5, 5.41) is 8.21. The van der Waals surface area contributed by atoms with E-state index < -0.39 is 0 Å². The van der Waals surface area contributed by atoms with Crippen molar-refractivity contribution in [1.29, 1.82) is 0 Å². The number of urea groups is 1. The average Bonchev–Trinajstić information content (AvgIpc) is 3.12. The van der Waals surface area contributed by atoms with Gasteiger partial charge in [-0.2, -0.15) is 0 Å². The van der Waals surface area contributed by atoms with Gasteiger partial charge in [-0.3, -0.25) is 9.80 Å². The van der Waals surface area contributed by atoms with Gasteiger partial charge in [0.25, 0.3) is 0 Å². The number of nitrogens with one attached hydrogen (secondary N) is 2. The third-order valence-corrected chi connectivity index (χ3v) is 5.68. The number of thiophene rings is 1. The third-order valence-electron chi connectivity index (χ3n) is 4.71. The Kier molecular flexibility index (Phi) is 3.40. The number of hydrogen-bond acceptors (Lipinski definition) is 4. The van der Waals surface area contributed by atoms with E-state index in [9.17, 15) is 4.79 Å². The Hall–Kier alpha value is -1.11. The van der Waals surface area contributed by atoms with Crippen LogP contribution in [0.25, 0.3) is 0 Å². The molecule has 2 N–H and O–H groups in total. The van der Waals surface area contributed by atoms with Gasteiger partial charge in [0.1, 0.15) is 0 Å². The van der Waals surface area contributed by atoms with Crippen LogP contribution in [0, 0.1) is 0 Å². The van der Waals surface area contributed by atoms with Gasteiger partial charge in [-0.25, -0.2) is 4.79 Å². The highest BCUT2D eigenvalue weighted by Crippen LogP contribution is 2.27. The average molecular weight is 306 g/mol. The molecule has 0 bridgehead atoms. The van der Waals surface area contributed by atoms with Crippen LogP contribution >= 0.6 is 11.3 Å². The minimum atomic E-state index is -0.0151. The molecular weight excluding hydrogens is 284 g/mol. The molecule has 2 amide bonds. The van der Waals surface area contributed by atoms with Gasteiger partial charge in [-0.15, -0.1) is 11.3 Å². The van der Waals surface area contributed by atoms with Crippen LogP contribution in [0.2, 0.25) is 0 Å². The summed E-state index contributed by atoms with van der Waals surface area (Å²) in [5.74, 6) is 0. The largest absolute Gasteiger partial charge is 0.336 e. The van der Waals surface area contributed by atoms with Crippen molar-refractivity contribution in [2.75, 3.05) is 32.7 Å². The number of hydrogen-bond donors (Lipinski definition) is 2. The van der Waals surface area contributed by atoms with Crippen LogP contribution in [0.15, 0.2) is 11.4 Å². The summed E-state index contributed by atoms with van der Waals surface area (Å²) in [6.07, 6.45) is 2.71. The number of rotatable bonds is 4. The Labute approximate surface area is 129 Å². The molecule has 6 heteroatoms. The normalized spacial score (nSPS) is 25.0. The van der Waals surface area contributed by atoms with E-state index in [2.05, 4.69) is 31.9 Å². The van der Waals surface area contributed by atoms with E-state index in [4.69, 9.17) is 0 Å². The number of likely N-dealkylation sites (tertiary alicyclic amines) is 2. The fourth-order valence-corrected chi connectivity index (χ4v) is 4.62. The van der Waals surface area contributed by atoms with Crippen molar-refractivity contribution < 1.29 is 4.79 Å².